The van der Waals surface area contributed by atoms with E-state index in [0.717, 1.165) is 28.5 Å². The normalized spacial score (nSPS) is 14.0. The van der Waals surface area contributed by atoms with E-state index in [0.29, 0.717) is 11.1 Å². The zero-order valence-electron chi connectivity index (χ0n) is 19.3. The summed E-state index contributed by atoms with van der Waals surface area (Å²) < 4.78 is 25.7. The molecule has 0 amide bonds. The number of halogens is 1. The Balaban J connectivity index is 2.15. The van der Waals surface area contributed by atoms with E-state index < -0.39 is 30.1 Å². The van der Waals surface area contributed by atoms with Crippen LogP contribution in [0.2, 0.25) is 0 Å². The van der Waals surface area contributed by atoms with E-state index in [1.54, 1.807) is 31.2 Å². The third-order valence-corrected chi connectivity index (χ3v) is 4.82. The van der Waals surface area contributed by atoms with Gasteiger partial charge < -0.3 is 14.3 Å². The highest BCUT2D eigenvalue weighted by atomic mass is 19.1. The number of aryl methyl sites for hydroxylation is 4. The van der Waals surface area contributed by atoms with Crippen LogP contribution in [-0.4, -0.2) is 44.1 Å². The fraction of sp³-hybridized carbons (Fsp3) is 0.400. The minimum atomic E-state index is -1.75. The molecule has 0 heterocycles. The van der Waals surface area contributed by atoms with Crippen molar-refractivity contribution < 1.29 is 28.3 Å². The van der Waals surface area contributed by atoms with E-state index >= 15 is 0 Å². The average Bonchev–Trinajstić information content (AvgIpc) is 2.72. The number of oxime groups is 1. The predicted molar refractivity (Wildman–Crippen MR) is 121 cm³/mol. The number of nitrogens with zero attached hydrogens (tertiary/aromatic N) is 1. The molecule has 3 atom stereocenters. The van der Waals surface area contributed by atoms with Gasteiger partial charge in [0.25, 0.3) is 0 Å². The molecular formula is C25H30FNO5. The van der Waals surface area contributed by atoms with Gasteiger partial charge >= 0.3 is 11.9 Å². The van der Waals surface area contributed by atoms with Crippen molar-refractivity contribution in [1.29, 1.82) is 0 Å². The van der Waals surface area contributed by atoms with Crippen LogP contribution in [0.4, 0.5) is 4.39 Å². The molecule has 0 aliphatic rings. The molecule has 0 saturated carbocycles. The molecule has 0 aromatic heterocycles. The fourth-order valence-corrected chi connectivity index (χ4v) is 3.46. The maximum atomic E-state index is 14.8. The van der Waals surface area contributed by atoms with Gasteiger partial charge in [-0.3, -0.25) is 0 Å². The van der Waals surface area contributed by atoms with E-state index in [9.17, 15) is 14.0 Å². The molecule has 6 nitrogen and oxygen atoms in total. The second-order valence-corrected chi connectivity index (χ2v) is 8.08. The lowest BCUT2D eigenvalue weighted by atomic mass is 10.0. The van der Waals surface area contributed by atoms with E-state index in [1.165, 1.54) is 7.11 Å². The van der Waals surface area contributed by atoms with Gasteiger partial charge in [0.2, 0.25) is 0 Å². The maximum Gasteiger partial charge on any atom is 0.338 e. The number of carbonyl (C=O) groups excluding carboxylic acids is 2. The first-order valence-electron chi connectivity index (χ1n) is 10.4. The monoisotopic (exact) mass is 443 g/mol. The molecule has 0 bridgehead atoms. The minimum Gasteiger partial charge on any atom is -0.462 e. The molecule has 7 heteroatoms. The SMILES string of the molecule is CON=C[C@@H](F)[C@H](OC(=O)c1cc(C)cc(C)c1)[C@@H](C)COC(=O)c1cc(C)cc(C)c1. The summed E-state index contributed by atoms with van der Waals surface area (Å²) >= 11 is 0. The van der Waals surface area contributed by atoms with Crippen molar-refractivity contribution >= 4 is 18.2 Å². The Hall–Kier alpha value is -3.22. The van der Waals surface area contributed by atoms with Gasteiger partial charge in [-0.1, -0.05) is 46.5 Å². The molecule has 2 aromatic rings. The quantitative estimate of drug-likeness (QED) is 0.313. The molecule has 2 aromatic carbocycles. The smallest absolute Gasteiger partial charge is 0.338 e. The minimum absolute atomic E-state index is 0.141. The molecule has 0 spiro atoms. The third kappa shape index (κ3) is 7.18. The standard InChI is InChI=1S/C25H30FNO5/c1-15-7-16(2)10-20(9-15)24(28)31-14-19(5)23(22(26)13-27-30-6)32-25(29)21-11-17(3)8-18(4)12-21/h7-13,19,22-23H,14H2,1-6H3/t19-,22+,23+/m0/s1. The van der Waals surface area contributed by atoms with Crippen molar-refractivity contribution in [2.45, 2.75) is 46.9 Å². The summed E-state index contributed by atoms with van der Waals surface area (Å²) in [6, 6.07) is 10.7. The summed E-state index contributed by atoms with van der Waals surface area (Å²) in [5, 5.41) is 3.45. The van der Waals surface area contributed by atoms with Crippen LogP contribution in [0.1, 0.15) is 49.9 Å². The highest BCUT2D eigenvalue weighted by molar-refractivity contribution is 5.90. The van der Waals surface area contributed by atoms with Gasteiger partial charge in [-0.05, 0) is 52.0 Å². The number of alkyl halides is 1. The summed E-state index contributed by atoms with van der Waals surface area (Å²) in [6.45, 7) is 8.99. The van der Waals surface area contributed by atoms with Crippen LogP contribution in [0.3, 0.4) is 0 Å². The first kappa shape index (κ1) is 25.0. The predicted octanol–water partition coefficient (Wildman–Crippen LogP) is 4.91. The Labute approximate surface area is 188 Å². The van der Waals surface area contributed by atoms with Gasteiger partial charge in [-0.2, -0.15) is 0 Å². The number of hydrogen-bond donors (Lipinski definition) is 0. The Morgan fingerprint density at radius 1 is 0.906 bits per heavy atom. The van der Waals surface area contributed by atoms with Crippen LogP contribution in [0.5, 0.6) is 0 Å². The van der Waals surface area contributed by atoms with Crippen molar-refractivity contribution in [3.8, 4) is 0 Å². The van der Waals surface area contributed by atoms with E-state index in [4.69, 9.17) is 9.47 Å². The zero-order chi connectivity index (χ0) is 23.8. The summed E-state index contributed by atoms with van der Waals surface area (Å²) in [4.78, 5) is 29.7. The Morgan fingerprint density at radius 3 is 1.84 bits per heavy atom. The van der Waals surface area contributed by atoms with Crippen LogP contribution in [0.25, 0.3) is 0 Å². The van der Waals surface area contributed by atoms with Gasteiger partial charge in [-0.25, -0.2) is 14.0 Å². The van der Waals surface area contributed by atoms with E-state index in [2.05, 4.69) is 9.99 Å². The van der Waals surface area contributed by atoms with Crippen LogP contribution >= 0.6 is 0 Å². The second kappa shape index (κ2) is 11.4. The third-order valence-electron chi connectivity index (χ3n) is 4.82. The van der Waals surface area contributed by atoms with E-state index in [1.807, 2.05) is 39.8 Å². The van der Waals surface area contributed by atoms with Crippen molar-refractivity contribution in [2.24, 2.45) is 11.1 Å². The molecule has 0 aliphatic carbocycles. The average molecular weight is 444 g/mol. The maximum absolute atomic E-state index is 14.8. The summed E-state index contributed by atoms with van der Waals surface area (Å²) in [7, 11) is 1.29. The molecule has 0 saturated heterocycles. The molecule has 0 unspecified atom stereocenters. The number of rotatable bonds is 9. The number of benzene rings is 2. The molecule has 172 valence electrons. The highest BCUT2D eigenvalue weighted by Crippen LogP contribution is 2.19. The Kier molecular flexibility index (Phi) is 8.93. The van der Waals surface area contributed by atoms with Gasteiger partial charge in [-0.15, -0.1) is 0 Å². The number of hydrogen-bond acceptors (Lipinski definition) is 6. The number of carbonyl (C=O) groups is 2. The largest absolute Gasteiger partial charge is 0.462 e. The van der Waals surface area contributed by atoms with Crippen molar-refractivity contribution in [1.82, 2.24) is 0 Å². The first-order chi connectivity index (χ1) is 15.1. The van der Waals surface area contributed by atoms with Crippen LogP contribution in [0.15, 0.2) is 41.6 Å². The molecule has 0 aliphatic heterocycles. The summed E-state index contributed by atoms with van der Waals surface area (Å²) in [5.41, 5.74) is 4.39. The van der Waals surface area contributed by atoms with Crippen LogP contribution in [-0.2, 0) is 14.3 Å². The molecule has 0 N–H and O–H groups in total. The zero-order valence-corrected chi connectivity index (χ0v) is 19.3. The van der Waals surface area contributed by atoms with Crippen LogP contribution < -0.4 is 0 Å². The lowest BCUT2D eigenvalue weighted by Gasteiger charge is -2.25. The second-order valence-electron chi connectivity index (χ2n) is 8.08. The lowest BCUT2D eigenvalue weighted by molar-refractivity contribution is -0.0166. The first-order valence-corrected chi connectivity index (χ1v) is 10.4. The van der Waals surface area contributed by atoms with Crippen molar-refractivity contribution in [2.75, 3.05) is 13.7 Å². The van der Waals surface area contributed by atoms with Gasteiger partial charge in [0.1, 0.15) is 13.2 Å². The summed E-state index contributed by atoms with van der Waals surface area (Å²) in [5.74, 6) is -1.83. The number of ether oxygens (including phenoxy) is 2. The van der Waals surface area contributed by atoms with E-state index in [-0.39, 0.29) is 6.61 Å². The molecule has 0 fully saturated rings. The van der Waals surface area contributed by atoms with Crippen molar-refractivity contribution in [3.63, 3.8) is 0 Å². The lowest BCUT2D eigenvalue weighted by Crippen LogP contribution is -2.38. The van der Waals surface area contributed by atoms with Crippen molar-refractivity contribution in [3.05, 3.63) is 69.8 Å². The highest BCUT2D eigenvalue weighted by Gasteiger charge is 2.31. The van der Waals surface area contributed by atoms with Crippen LogP contribution in [0, 0.1) is 33.6 Å². The van der Waals surface area contributed by atoms with Gasteiger partial charge in [0.05, 0.1) is 23.9 Å². The molecule has 32 heavy (non-hydrogen) atoms. The fourth-order valence-electron chi connectivity index (χ4n) is 3.46. The molecular weight excluding hydrogens is 413 g/mol. The van der Waals surface area contributed by atoms with Gasteiger partial charge in [0.15, 0.2) is 6.17 Å². The Morgan fingerprint density at radius 2 is 1.38 bits per heavy atom. The topological polar surface area (TPSA) is 74.2 Å². The molecule has 2 rings (SSSR count). The summed E-state index contributed by atoms with van der Waals surface area (Å²) in [6.07, 6.45) is -2.06. The Bertz CT molecular complexity index is 948. The van der Waals surface area contributed by atoms with Gasteiger partial charge in [0, 0.05) is 5.92 Å². The molecule has 0 radical (unpaired) electrons. The number of esters is 2.